The van der Waals surface area contributed by atoms with Gasteiger partial charge in [0.15, 0.2) is 6.10 Å². The van der Waals surface area contributed by atoms with Gasteiger partial charge < -0.3 is 10.1 Å². The van der Waals surface area contributed by atoms with E-state index in [-0.39, 0.29) is 5.75 Å². The van der Waals surface area contributed by atoms with Gasteiger partial charge in [0, 0.05) is 4.90 Å². The highest BCUT2D eigenvalue weighted by atomic mass is 32.2. The summed E-state index contributed by atoms with van der Waals surface area (Å²) in [5.74, 6) is -0.821. The minimum absolute atomic E-state index is 0.122. The third kappa shape index (κ3) is 5.37. The monoisotopic (exact) mass is 354 g/mol. The molecule has 2 rings (SSSR count). The summed E-state index contributed by atoms with van der Waals surface area (Å²) in [5, 5.41) is 11.6. The Hall–Kier alpha value is -2.78. The molecule has 0 aromatic heterocycles. The molecule has 2 aromatic rings. The van der Waals surface area contributed by atoms with Crippen LogP contribution in [0.5, 0.6) is 0 Å². The molecule has 0 spiro atoms. The average Bonchev–Trinajstić information content (AvgIpc) is 2.61. The van der Waals surface area contributed by atoms with Crippen LogP contribution in [0.1, 0.15) is 18.1 Å². The number of para-hydroxylation sites is 1. The molecule has 0 unspecified atom stereocenters. The fourth-order valence-corrected chi connectivity index (χ4v) is 2.88. The number of hydrogen-bond donors (Lipinski definition) is 1. The van der Waals surface area contributed by atoms with E-state index in [2.05, 4.69) is 5.32 Å². The van der Waals surface area contributed by atoms with Gasteiger partial charge in [0.05, 0.1) is 17.0 Å². The second kappa shape index (κ2) is 8.90. The molecule has 2 aromatic carbocycles. The number of nitrogens with zero attached hydrogens (tertiary/aromatic N) is 1. The van der Waals surface area contributed by atoms with Crippen LogP contribution in [0.4, 0.5) is 5.69 Å². The number of amides is 1. The van der Waals surface area contributed by atoms with Gasteiger partial charge in [0.1, 0.15) is 6.07 Å². The number of rotatable bonds is 6. The maximum absolute atomic E-state index is 12.1. The maximum Gasteiger partial charge on any atom is 0.317 e. The second-order valence-corrected chi connectivity index (χ2v) is 6.35. The summed E-state index contributed by atoms with van der Waals surface area (Å²) in [6, 6.07) is 16.4. The van der Waals surface area contributed by atoms with Crippen LogP contribution in [0.15, 0.2) is 53.4 Å². The molecule has 25 heavy (non-hydrogen) atoms. The molecule has 0 radical (unpaired) electrons. The van der Waals surface area contributed by atoms with Gasteiger partial charge in [-0.15, -0.1) is 11.8 Å². The van der Waals surface area contributed by atoms with Crippen LogP contribution in [-0.4, -0.2) is 23.7 Å². The van der Waals surface area contributed by atoms with Gasteiger partial charge in [-0.3, -0.25) is 9.59 Å². The topological polar surface area (TPSA) is 79.2 Å². The zero-order valence-electron chi connectivity index (χ0n) is 14.0. The van der Waals surface area contributed by atoms with Crippen LogP contribution < -0.4 is 5.32 Å². The number of nitriles is 1. The first kappa shape index (κ1) is 18.6. The van der Waals surface area contributed by atoms with E-state index in [1.165, 1.54) is 18.7 Å². The van der Waals surface area contributed by atoms with E-state index in [0.717, 1.165) is 10.5 Å². The Labute approximate surface area is 151 Å². The summed E-state index contributed by atoms with van der Waals surface area (Å²) in [6.07, 6.45) is -0.947. The fourth-order valence-electron chi connectivity index (χ4n) is 2.06. The molecule has 0 bridgehead atoms. The number of esters is 1. The fraction of sp³-hybridized carbons (Fsp3) is 0.211. The molecule has 1 N–H and O–H groups in total. The van der Waals surface area contributed by atoms with E-state index in [1.54, 1.807) is 24.3 Å². The Bertz CT molecular complexity index is 814. The molecule has 0 heterocycles. The smallest absolute Gasteiger partial charge is 0.317 e. The zero-order valence-corrected chi connectivity index (χ0v) is 14.8. The van der Waals surface area contributed by atoms with Crippen molar-refractivity contribution in [3.63, 3.8) is 0 Å². The lowest BCUT2D eigenvalue weighted by Crippen LogP contribution is -2.30. The number of ether oxygens (including phenoxy) is 1. The molecule has 0 saturated carbocycles. The number of benzene rings is 2. The molecule has 0 aliphatic rings. The zero-order chi connectivity index (χ0) is 18.2. The van der Waals surface area contributed by atoms with Crippen LogP contribution in [0.3, 0.4) is 0 Å². The first-order chi connectivity index (χ1) is 12.0. The van der Waals surface area contributed by atoms with Crippen molar-refractivity contribution in [3.05, 3.63) is 59.7 Å². The van der Waals surface area contributed by atoms with Crippen molar-refractivity contribution in [1.29, 1.82) is 5.26 Å². The third-order valence-corrected chi connectivity index (χ3v) is 4.57. The summed E-state index contributed by atoms with van der Waals surface area (Å²) in [6.45, 7) is 3.47. The summed E-state index contributed by atoms with van der Waals surface area (Å²) in [5.41, 5.74) is 1.83. The minimum Gasteiger partial charge on any atom is -0.452 e. The number of anilines is 1. The standard InChI is InChI=1S/C19H18N2O3S/c1-13-7-3-6-10-17(13)25-12-18(22)24-14(2)19(23)21-16-9-5-4-8-15(16)11-20/h3-10,14H,12H2,1-2H3,(H,21,23)/t14-/m1/s1. The summed E-state index contributed by atoms with van der Waals surface area (Å²) >= 11 is 1.37. The number of thioether (sulfide) groups is 1. The highest BCUT2D eigenvalue weighted by Gasteiger charge is 2.19. The molecule has 128 valence electrons. The summed E-state index contributed by atoms with van der Waals surface area (Å²) < 4.78 is 5.16. The van der Waals surface area contributed by atoms with E-state index in [0.29, 0.717) is 11.3 Å². The molecule has 5 nitrogen and oxygen atoms in total. The van der Waals surface area contributed by atoms with Crippen LogP contribution >= 0.6 is 11.8 Å². The Morgan fingerprint density at radius 1 is 1.20 bits per heavy atom. The van der Waals surface area contributed by atoms with E-state index < -0.39 is 18.0 Å². The van der Waals surface area contributed by atoms with Crippen molar-refractivity contribution in [2.75, 3.05) is 11.1 Å². The number of aryl methyl sites for hydroxylation is 1. The van der Waals surface area contributed by atoms with Gasteiger partial charge >= 0.3 is 5.97 Å². The van der Waals surface area contributed by atoms with Crippen molar-refractivity contribution in [3.8, 4) is 6.07 Å². The number of hydrogen-bond acceptors (Lipinski definition) is 5. The predicted molar refractivity (Wildman–Crippen MR) is 97.2 cm³/mol. The third-order valence-electron chi connectivity index (χ3n) is 3.42. The molecule has 1 atom stereocenters. The van der Waals surface area contributed by atoms with E-state index in [4.69, 9.17) is 10.00 Å². The van der Waals surface area contributed by atoms with Gasteiger partial charge in [-0.25, -0.2) is 0 Å². The molecule has 0 fully saturated rings. The van der Waals surface area contributed by atoms with E-state index in [9.17, 15) is 9.59 Å². The predicted octanol–water partition coefficient (Wildman–Crippen LogP) is 3.53. The Morgan fingerprint density at radius 2 is 1.88 bits per heavy atom. The van der Waals surface area contributed by atoms with Gasteiger partial charge in [-0.1, -0.05) is 30.3 Å². The normalized spacial score (nSPS) is 11.2. The van der Waals surface area contributed by atoms with Crippen LogP contribution in [0, 0.1) is 18.3 Å². The molecule has 0 aliphatic heterocycles. The van der Waals surface area contributed by atoms with Gasteiger partial charge in [-0.2, -0.15) is 5.26 Å². The van der Waals surface area contributed by atoms with Crippen LogP contribution in [-0.2, 0) is 14.3 Å². The van der Waals surface area contributed by atoms with Crippen molar-refractivity contribution in [1.82, 2.24) is 0 Å². The molecular formula is C19H18N2O3S. The van der Waals surface area contributed by atoms with Gasteiger partial charge in [-0.05, 0) is 37.6 Å². The number of carbonyl (C=O) groups is 2. The Morgan fingerprint density at radius 3 is 2.60 bits per heavy atom. The lowest BCUT2D eigenvalue weighted by atomic mass is 10.2. The van der Waals surface area contributed by atoms with Crippen LogP contribution in [0.2, 0.25) is 0 Å². The summed E-state index contributed by atoms with van der Waals surface area (Å²) in [7, 11) is 0. The highest BCUT2D eigenvalue weighted by molar-refractivity contribution is 8.00. The number of carbonyl (C=O) groups excluding carboxylic acids is 2. The Balaban J connectivity index is 1.87. The lowest BCUT2D eigenvalue weighted by Gasteiger charge is -2.14. The lowest BCUT2D eigenvalue weighted by molar-refractivity contribution is -0.150. The minimum atomic E-state index is -0.947. The van der Waals surface area contributed by atoms with Crippen molar-refractivity contribution < 1.29 is 14.3 Å². The molecule has 1 amide bonds. The second-order valence-electron chi connectivity index (χ2n) is 5.33. The molecule has 0 aliphatic carbocycles. The van der Waals surface area contributed by atoms with Crippen molar-refractivity contribution in [2.45, 2.75) is 24.8 Å². The van der Waals surface area contributed by atoms with Gasteiger partial charge in [0.25, 0.3) is 5.91 Å². The van der Waals surface area contributed by atoms with Crippen molar-refractivity contribution >= 4 is 29.3 Å². The number of nitrogens with one attached hydrogen (secondary N) is 1. The molecular weight excluding hydrogens is 336 g/mol. The molecule has 6 heteroatoms. The van der Waals surface area contributed by atoms with Crippen molar-refractivity contribution in [2.24, 2.45) is 0 Å². The Kier molecular flexibility index (Phi) is 6.61. The first-order valence-corrected chi connectivity index (χ1v) is 8.67. The van der Waals surface area contributed by atoms with Gasteiger partial charge in [0.2, 0.25) is 0 Å². The average molecular weight is 354 g/mol. The summed E-state index contributed by atoms with van der Waals surface area (Å²) in [4.78, 5) is 25.1. The van der Waals surface area contributed by atoms with E-state index in [1.807, 2.05) is 37.3 Å². The quantitative estimate of drug-likeness (QED) is 0.634. The maximum atomic E-state index is 12.1. The first-order valence-electron chi connectivity index (χ1n) is 7.69. The SMILES string of the molecule is Cc1ccccc1SCC(=O)O[C@H](C)C(=O)Nc1ccccc1C#N. The highest BCUT2D eigenvalue weighted by Crippen LogP contribution is 2.22. The largest absolute Gasteiger partial charge is 0.452 e. The molecule has 0 saturated heterocycles. The van der Waals surface area contributed by atoms with E-state index >= 15 is 0 Å². The van der Waals surface area contributed by atoms with Crippen LogP contribution in [0.25, 0.3) is 0 Å².